The molecule has 0 fully saturated rings. The molecule has 1 aliphatic heterocycles. The van der Waals surface area contributed by atoms with Crippen molar-refractivity contribution in [2.24, 2.45) is 5.92 Å². The van der Waals surface area contributed by atoms with Crippen LogP contribution in [0.3, 0.4) is 0 Å². The molecule has 2 heterocycles. The number of hydrogen-bond donors (Lipinski definition) is 1. The number of nitrogens with zero attached hydrogens (tertiary/aromatic N) is 2. The van der Waals surface area contributed by atoms with Gasteiger partial charge < -0.3 is 5.11 Å². The summed E-state index contributed by atoms with van der Waals surface area (Å²) in [5.74, 6) is -0.268. The van der Waals surface area contributed by atoms with E-state index in [9.17, 15) is 9.90 Å². The summed E-state index contributed by atoms with van der Waals surface area (Å²) in [4.78, 5) is 15.7. The summed E-state index contributed by atoms with van der Waals surface area (Å²) in [5, 5.41) is 9.52. The van der Waals surface area contributed by atoms with Crippen LogP contribution in [0.25, 0.3) is 5.70 Å². The van der Waals surface area contributed by atoms with Crippen LogP contribution in [-0.2, 0) is 11.2 Å². The van der Waals surface area contributed by atoms with Crippen LogP contribution in [0, 0.1) is 5.92 Å². The Labute approximate surface area is 112 Å². The van der Waals surface area contributed by atoms with Crippen LogP contribution in [-0.4, -0.2) is 20.6 Å². The lowest BCUT2D eigenvalue weighted by Crippen LogP contribution is -2.13. The standard InChI is InChI=1S/C15H18N2O2/c1-2-3-10-4-11-6-12(5-10)14(15(18)19)17-9-16-8-13(17)7-11/h6,8-10H,2-5,7H2,1H3,(H,18,19). The molecule has 1 N–H and O–H groups in total. The van der Waals surface area contributed by atoms with Gasteiger partial charge in [0.25, 0.3) is 0 Å². The average molecular weight is 258 g/mol. The summed E-state index contributed by atoms with van der Waals surface area (Å²) in [7, 11) is 0. The molecule has 0 aromatic carbocycles. The van der Waals surface area contributed by atoms with Crippen LogP contribution in [0.1, 0.15) is 38.3 Å². The fraction of sp³-hybridized carbons (Fsp3) is 0.467. The molecule has 2 aliphatic rings. The highest BCUT2D eigenvalue weighted by atomic mass is 16.4. The van der Waals surface area contributed by atoms with Crippen molar-refractivity contribution in [2.75, 3.05) is 0 Å². The molecule has 19 heavy (non-hydrogen) atoms. The van der Waals surface area contributed by atoms with Crippen molar-refractivity contribution in [3.05, 3.63) is 35.4 Å². The van der Waals surface area contributed by atoms with E-state index >= 15 is 0 Å². The Hall–Kier alpha value is -1.84. The third-order valence-electron chi connectivity index (χ3n) is 4.01. The molecule has 2 bridgehead atoms. The van der Waals surface area contributed by atoms with E-state index in [1.807, 2.05) is 0 Å². The first-order valence-corrected chi connectivity index (χ1v) is 6.86. The zero-order valence-electron chi connectivity index (χ0n) is 11.1. The van der Waals surface area contributed by atoms with E-state index in [2.05, 4.69) is 18.0 Å². The molecule has 1 aromatic rings. The van der Waals surface area contributed by atoms with E-state index in [0.29, 0.717) is 11.6 Å². The lowest BCUT2D eigenvalue weighted by atomic mass is 9.82. The number of fused-ring (bicyclic) bond motifs is 2. The predicted octanol–water partition coefficient (Wildman–Crippen LogP) is 2.87. The molecule has 3 rings (SSSR count). The fourth-order valence-electron chi connectivity index (χ4n) is 3.30. The van der Waals surface area contributed by atoms with Crippen molar-refractivity contribution < 1.29 is 9.90 Å². The van der Waals surface area contributed by atoms with Crippen molar-refractivity contribution in [1.29, 1.82) is 0 Å². The monoisotopic (exact) mass is 258 g/mol. The second kappa shape index (κ2) is 4.68. The molecule has 1 aliphatic carbocycles. The predicted molar refractivity (Wildman–Crippen MR) is 72.5 cm³/mol. The first-order chi connectivity index (χ1) is 9.19. The van der Waals surface area contributed by atoms with E-state index in [1.54, 1.807) is 17.1 Å². The second-order valence-corrected chi connectivity index (χ2v) is 5.48. The summed E-state index contributed by atoms with van der Waals surface area (Å²) < 4.78 is 1.75. The van der Waals surface area contributed by atoms with Gasteiger partial charge in [-0.15, -0.1) is 0 Å². The van der Waals surface area contributed by atoms with Gasteiger partial charge in [-0.25, -0.2) is 9.78 Å². The highest BCUT2D eigenvalue weighted by Crippen LogP contribution is 2.37. The number of imidazole rings is 1. The van der Waals surface area contributed by atoms with Crippen molar-refractivity contribution in [2.45, 2.75) is 39.0 Å². The molecule has 0 amide bonds. The molecule has 0 saturated carbocycles. The summed E-state index contributed by atoms with van der Waals surface area (Å²) in [6, 6.07) is 0. The number of carbonyl (C=O) groups is 1. The Morgan fingerprint density at radius 1 is 1.53 bits per heavy atom. The molecule has 0 spiro atoms. The minimum Gasteiger partial charge on any atom is -0.477 e. The van der Waals surface area contributed by atoms with E-state index < -0.39 is 5.97 Å². The Morgan fingerprint density at radius 3 is 3.11 bits per heavy atom. The first-order valence-electron chi connectivity index (χ1n) is 6.86. The summed E-state index contributed by atoms with van der Waals surface area (Å²) in [5.41, 5.74) is 3.68. The van der Waals surface area contributed by atoms with Gasteiger partial charge in [0.15, 0.2) is 0 Å². The third kappa shape index (κ3) is 2.11. The number of aromatic nitrogens is 2. The topological polar surface area (TPSA) is 55.1 Å². The molecule has 1 unspecified atom stereocenters. The van der Waals surface area contributed by atoms with Crippen molar-refractivity contribution in [3.63, 3.8) is 0 Å². The summed E-state index contributed by atoms with van der Waals surface area (Å²) >= 11 is 0. The molecular weight excluding hydrogens is 240 g/mol. The van der Waals surface area contributed by atoms with E-state index in [-0.39, 0.29) is 0 Å². The zero-order chi connectivity index (χ0) is 13.4. The van der Waals surface area contributed by atoms with Crippen LogP contribution in [0.4, 0.5) is 0 Å². The number of hydrogen-bond acceptors (Lipinski definition) is 2. The SMILES string of the molecule is CCCC1CC2=CC(=C(C(=O)O)n3cncc3C2)C1. The minimum atomic E-state index is -0.858. The molecule has 4 nitrogen and oxygen atoms in total. The zero-order valence-corrected chi connectivity index (χ0v) is 11.1. The van der Waals surface area contributed by atoms with Crippen LogP contribution in [0.2, 0.25) is 0 Å². The Morgan fingerprint density at radius 2 is 2.37 bits per heavy atom. The van der Waals surface area contributed by atoms with Gasteiger partial charge in [0.05, 0.1) is 6.33 Å². The summed E-state index contributed by atoms with van der Waals surface area (Å²) in [6.07, 6.45) is 10.6. The van der Waals surface area contributed by atoms with Gasteiger partial charge in [-0.1, -0.05) is 31.4 Å². The van der Waals surface area contributed by atoms with Gasteiger partial charge in [-0.3, -0.25) is 4.57 Å². The summed E-state index contributed by atoms with van der Waals surface area (Å²) in [6.45, 7) is 2.19. The highest BCUT2D eigenvalue weighted by molar-refractivity contribution is 6.10. The van der Waals surface area contributed by atoms with E-state index in [1.165, 1.54) is 12.0 Å². The largest absolute Gasteiger partial charge is 0.477 e. The Balaban J connectivity index is 2.09. The van der Waals surface area contributed by atoms with Gasteiger partial charge in [0.2, 0.25) is 0 Å². The van der Waals surface area contributed by atoms with Gasteiger partial charge in [0.1, 0.15) is 5.70 Å². The van der Waals surface area contributed by atoms with Crippen LogP contribution >= 0.6 is 0 Å². The lowest BCUT2D eigenvalue weighted by molar-refractivity contribution is -0.130. The van der Waals surface area contributed by atoms with E-state index in [4.69, 9.17) is 0 Å². The number of carboxylic acid groups (broad SMARTS) is 1. The first kappa shape index (κ1) is 12.2. The number of aliphatic carboxylic acids is 1. The van der Waals surface area contributed by atoms with Gasteiger partial charge in [-0.2, -0.15) is 0 Å². The van der Waals surface area contributed by atoms with E-state index in [0.717, 1.165) is 37.0 Å². The Kier molecular flexibility index (Phi) is 3.01. The van der Waals surface area contributed by atoms with Crippen LogP contribution in [0.5, 0.6) is 0 Å². The number of rotatable bonds is 3. The second-order valence-electron chi connectivity index (χ2n) is 5.48. The molecule has 0 radical (unpaired) electrons. The average Bonchev–Trinajstić information content (AvgIpc) is 2.73. The minimum absolute atomic E-state index is 0.392. The fourth-order valence-corrected chi connectivity index (χ4v) is 3.30. The highest BCUT2D eigenvalue weighted by Gasteiger charge is 2.28. The maximum absolute atomic E-state index is 11.6. The number of allylic oxidation sites excluding steroid dienone is 3. The van der Waals surface area contributed by atoms with Crippen molar-refractivity contribution in [1.82, 2.24) is 9.55 Å². The van der Waals surface area contributed by atoms with Gasteiger partial charge in [0, 0.05) is 18.3 Å². The lowest BCUT2D eigenvalue weighted by Gasteiger charge is -2.23. The maximum Gasteiger partial charge on any atom is 0.353 e. The van der Waals surface area contributed by atoms with Crippen molar-refractivity contribution in [3.8, 4) is 0 Å². The molecular formula is C15H18N2O2. The maximum atomic E-state index is 11.6. The van der Waals surface area contributed by atoms with Crippen LogP contribution in [0.15, 0.2) is 29.7 Å². The van der Waals surface area contributed by atoms with Gasteiger partial charge >= 0.3 is 5.97 Å². The normalized spacial score (nSPS) is 21.7. The smallest absolute Gasteiger partial charge is 0.353 e. The third-order valence-corrected chi connectivity index (χ3v) is 4.01. The molecule has 1 aromatic heterocycles. The van der Waals surface area contributed by atoms with Crippen LogP contribution < -0.4 is 0 Å². The molecule has 0 saturated heterocycles. The molecule has 4 heteroatoms. The Bertz CT molecular complexity index is 581. The van der Waals surface area contributed by atoms with Crippen molar-refractivity contribution >= 4 is 11.7 Å². The quantitative estimate of drug-likeness (QED) is 0.907. The molecule has 1 atom stereocenters. The number of carboxylic acids is 1. The molecule has 100 valence electrons. The van der Waals surface area contributed by atoms with Gasteiger partial charge in [-0.05, 0) is 24.3 Å².